The van der Waals surface area contributed by atoms with Crippen LogP contribution in [0.25, 0.3) is 0 Å². The number of hydrogen-bond acceptors (Lipinski definition) is 1. The Balaban J connectivity index is 3.06. The minimum atomic E-state index is -1.64. The van der Waals surface area contributed by atoms with E-state index in [0.717, 1.165) is 18.3 Å². The van der Waals surface area contributed by atoms with Crippen LogP contribution in [0.4, 0.5) is 0 Å². The summed E-state index contributed by atoms with van der Waals surface area (Å²) in [5.74, 6) is 0.364. The average Bonchev–Trinajstić information content (AvgIpc) is 2.36. The van der Waals surface area contributed by atoms with Crippen LogP contribution in [0.2, 0.25) is 13.1 Å². The highest BCUT2D eigenvalue weighted by molar-refractivity contribution is 6.94. The molecule has 17 heavy (non-hydrogen) atoms. The number of rotatable bonds is 5. The van der Waals surface area contributed by atoms with Gasteiger partial charge in [-0.05, 0) is 17.9 Å². The van der Waals surface area contributed by atoms with Gasteiger partial charge in [-0.3, -0.25) is 4.79 Å². The van der Waals surface area contributed by atoms with Crippen molar-refractivity contribution in [3.05, 3.63) is 41.6 Å². The molecule has 0 bridgehead atoms. The van der Waals surface area contributed by atoms with Gasteiger partial charge in [-0.1, -0.05) is 68.2 Å². The Kier molecular flexibility index (Phi) is 4.88. The Morgan fingerprint density at radius 2 is 1.88 bits per heavy atom. The van der Waals surface area contributed by atoms with Crippen molar-refractivity contribution in [2.45, 2.75) is 33.4 Å². The van der Waals surface area contributed by atoms with E-state index in [-0.39, 0.29) is 0 Å². The summed E-state index contributed by atoms with van der Waals surface area (Å²) in [6, 6.07) is 10.5. The smallest absolute Gasteiger partial charge is 0.145 e. The van der Waals surface area contributed by atoms with Crippen LogP contribution >= 0.6 is 0 Å². The van der Waals surface area contributed by atoms with E-state index in [4.69, 9.17) is 0 Å². The van der Waals surface area contributed by atoms with Crippen LogP contribution in [0, 0.1) is 5.92 Å². The van der Waals surface area contributed by atoms with Gasteiger partial charge in [0.25, 0.3) is 0 Å². The molecule has 2 heteroatoms. The van der Waals surface area contributed by atoms with Gasteiger partial charge in [-0.25, -0.2) is 0 Å². The number of carbonyl (C=O) groups excluding carboxylic acids is 1. The number of allylic oxidation sites excluding steroid dienone is 1. The Morgan fingerprint density at radius 3 is 2.35 bits per heavy atom. The maximum Gasteiger partial charge on any atom is 0.145 e. The second-order valence-corrected chi connectivity index (χ2v) is 9.47. The molecular weight excluding hydrogens is 224 g/mol. The van der Waals surface area contributed by atoms with Crippen LogP contribution in [0.15, 0.2) is 41.6 Å². The molecule has 0 radical (unpaired) electrons. The molecule has 0 unspecified atom stereocenters. The van der Waals surface area contributed by atoms with Gasteiger partial charge in [0.15, 0.2) is 0 Å². The van der Waals surface area contributed by atoms with Gasteiger partial charge < -0.3 is 0 Å². The summed E-state index contributed by atoms with van der Waals surface area (Å²) in [5.41, 5.74) is 3.21. The minimum Gasteiger partial charge on any atom is -0.298 e. The van der Waals surface area contributed by atoms with Crippen molar-refractivity contribution in [1.82, 2.24) is 0 Å². The van der Waals surface area contributed by atoms with Crippen LogP contribution in [0.5, 0.6) is 0 Å². The normalized spacial score (nSPS) is 14.5. The highest BCUT2D eigenvalue weighted by Gasteiger charge is 2.22. The quantitative estimate of drug-likeness (QED) is 0.442. The molecule has 1 rings (SSSR count). The molecule has 0 aromatic heterocycles. The number of hydrogen-bond donors (Lipinski definition) is 0. The average molecular weight is 246 g/mol. The summed E-state index contributed by atoms with van der Waals surface area (Å²) in [4.78, 5) is 11.2. The molecule has 0 N–H and O–H groups in total. The maximum atomic E-state index is 11.2. The molecule has 0 amide bonds. The Morgan fingerprint density at radius 1 is 1.29 bits per heavy atom. The molecule has 0 aliphatic heterocycles. The largest absolute Gasteiger partial charge is 0.298 e. The van der Waals surface area contributed by atoms with E-state index in [1.165, 1.54) is 5.19 Å². The summed E-state index contributed by atoms with van der Waals surface area (Å²) >= 11 is 0. The van der Waals surface area contributed by atoms with Gasteiger partial charge in [0.05, 0.1) is 0 Å². The van der Waals surface area contributed by atoms with Crippen molar-refractivity contribution in [2.75, 3.05) is 0 Å². The lowest BCUT2D eigenvalue weighted by Crippen LogP contribution is -2.40. The van der Waals surface area contributed by atoms with E-state index < -0.39 is 8.07 Å². The SMILES string of the molecule is CC[C@H](C)/C(C=O)=C/[Si](C)(C)c1ccccc1. The number of benzene rings is 1. The molecule has 0 heterocycles. The fourth-order valence-corrected chi connectivity index (χ4v) is 4.30. The van der Waals surface area contributed by atoms with Crippen LogP contribution in [0.3, 0.4) is 0 Å². The topological polar surface area (TPSA) is 17.1 Å². The second-order valence-electron chi connectivity index (χ2n) is 5.16. The molecule has 0 saturated heterocycles. The van der Waals surface area contributed by atoms with E-state index >= 15 is 0 Å². The Bertz CT molecular complexity index is 393. The van der Waals surface area contributed by atoms with E-state index in [1.54, 1.807) is 0 Å². The van der Waals surface area contributed by atoms with Crippen molar-refractivity contribution in [1.29, 1.82) is 0 Å². The first-order valence-electron chi connectivity index (χ1n) is 6.24. The molecule has 0 aliphatic carbocycles. The van der Waals surface area contributed by atoms with Crippen LogP contribution in [-0.2, 0) is 4.79 Å². The molecule has 0 saturated carbocycles. The zero-order valence-electron chi connectivity index (χ0n) is 11.2. The minimum absolute atomic E-state index is 0.364. The highest BCUT2D eigenvalue weighted by atomic mass is 28.3. The first-order chi connectivity index (χ1) is 8.01. The Labute approximate surface area is 106 Å². The lowest BCUT2D eigenvalue weighted by Gasteiger charge is -2.21. The molecule has 0 aliphatic rings. The fraction of sp³-hybridized carbons (Fsp3) is 0.400. The highest BCUT2D eigenvalue weighted by Crippen LogP contribution is 2.16. The predicted octanol–water partition coefficient (Wildman–Crippen LogP) is 3.31. The van der Waals surface area contributed by atoms with E-state index in [2.05, 4.69) is 56.9 Å². The second kappa shape index (κ2) is 5.96. The van der Waals surface area contributed by atoms with Crippen molar-refractivity contribution in [2.24, 2.45) is 5.92 Å². The first-order valence-corrected chi connectivity index (χ1v) is 9.32. The summed E-state index contributed by atoms with van der Waals surface area (Å²) in [5, 5.41) is 1.38. The lowest BCUT2D eigenvalue weighted by atomic mass is 10.0. The molecule has 0 fully saturated rings. The lowest BCUT2D eigenvalue weighted by molar-refractivity contribution is -0.105. The van der Waals surface area contributed by atoms with Gasteiger partial charge >= 0.3 is 0 Å². The summed E-state index contributed by atoms with van der Waals surface area (Å²) in [6.45, 7) is 8.82. The van der Waals surface area contributed by atoms with Crippen molar-refractivity contribution in [3.8, 4) is 0 Å². The number of aldehydes is 1. The van der Waals surface area contributed by atoms with Gasteiger partial charge in [0.1, 0.15) is 14.4 Å². The molecular formula is C15H22OSi. The van der Waals surface area contributed by atoms with E-state index in [0.29, 0.717) is 5.92 Å². The molecule has 92 valence electrons. The van der Waals surface area contributed by atoms with Crippen LogP contribution < -0.4 is 5.19 Å². The van der Waals surface area contributed by atoms with Crippen molar-refractivity contribution >= 4 is 19.5 Å². The van der Waals surface area contributed by atoms with Crippen LogP contribution in [-0.4, -0.2) is 14.4 Å². The molecule has 1 atom stereocenters. The molecule has 1 aromatic carbocycles. The molecule has 1 aromatic rings. The zero-order valence-corrected chi connectivity index (χ0v) is 12.2. The van der Waals surface area contributed by atoms with E-state index in [9.17, 15) is 4.79 Å². The third-order valence-corrected chi connectivity index (χ3v) is 6.24. The van der Waals surface area contributed by atoms with Crippen molar-refractivity contribution < 1.29 is 4.79 Å². The van der Waals surface area contributed by atoms with E-state index in [1.807, 2.05) is 6.07 Å². The maximum absolute atomic E-state index is 11.2. The molecule has 0 spiro atoms. The molecule has 1 nitrogen and oxygen atoms in total. The first kappa shape index (κ1) is 13.9. The third kappa shape index (κ3) is 3.67. The summed E-state index contributed by atoms with van der Waals surface area (Å²) in [7, 11) is -1.64. The van der Waals surface area contributed by atoms with Crippen molar-refractivity contribution in [3.63, 3.8) is 0 Å². The fourth-order valence-electron chi connectivity index (χ4n) is 1.90. The summed E-state index contributed by atoms with van der Waals surface area (Å²) < 4.78 is 0. The Hall–Kier alpha value is -1.15. The monoisotopic (exact) mass is 246 g/mol. The number of carbonyl (C=O) groups is 1. The van der Waals surface area contributed by atoms with Gasteiger partial charge in [0.2, 0.25) is 0 Å². The predicted molar refractivity (Wildman–Crippen MR) is 77.2 cm³/mol. The zero-order chi connectivity index (χ0) is 12.9. The third-order valence-electron chi connectivity index (χ3n) is 3.36. The van der Waals surface area contributed by atoms with Crippen LogP contribution in [0.1, 0.15) is 20.3 Å². The van der Waals surface area contributed by atoms with Gasteiger partial charge in [-0.2, -0.15) is 0 Å². The standard InChI is InChI=1S/C15H22OSi/c1-5-13(2)14(11-16)12-17(3,4)15-9-7-6-8-10-15/h6-13H,5H2,1-4H3/b14-12+/t13-/m0/s1. The van der Waals surface area contributed by atoms with Gasteiger partial charge in [0, 0.05) is 0 Å². The van der Waals surface area contributed by atoms with Gasteiger partial charge in [-0.15, -0.1) is 0 Å². The summed E-state index contributed by atoms with van der Waals surface area (Å²) in [6.07, 6.45) is 2.05.